The number of rotatable bonds is 5. The summed E-state index contributed by atoms with van der Waals surface area (Å²) >= 11 is 0. The highest BCUT2D eigenvalue weighted by Gasteiger charge is 2.04. The van der Waals surface area contributed by atoms with E-state index in [4.69, 9.17) is 14.4 Å². The number of carbonyl (C=O) groups is 1. The largest absolute Gasteiger partial charge is 0.484 e. The molecule has 0 unspecified atom stereocenters. The van der Waals surface area contributed by atoms with Gasteiger partial charge in [0.2, 0.25) is 0 Å². The highest BCUT2D eigenvalue weighted by Crippen LogP contribution is 2.11. The van der Waals surface area contributed by atoms with Gasteiger partial charge in [0.15, 0.2) is 6.61 Å². The molecule has 0 saturated carbocycles. The Hall–Kier alpha value is -3.07. The number of ether oxygens (including phenoxy) is 1. The van der Waals surface area contributed by atoms with Gasteiger partial charge in [0.25, 0.3) is 5.91 Å². The summed E-state index contributed by atoms with van der Waals surface area (Å²) in [6.07, 6.45) is 1.53. The van der Waals surface area contributed by atoms with Gasteiger partial charge in [-0.2, -0.15) is 10.4 Å². The Bertz CT molecular complexity index is 667. The summed E-state index contributed by atoms with van der Waals surface area (Å²) in [6.45, 7) is 1.56. The zero-order chi connectivity index (χ0) is 15.1. The van der Waals surface area contributed by atoms with E-state index in [0.717, 1.165) is 0 Å². The number of nitriles is 1. The first kappa shape index (κ1) is 14.3. The fourth-order valence-electron chi connectivity index (χ4n) is 1.49. The fourth-order valence-corrected chi connectivity index (χ4v) is 1.49. The van der Waals surface area contributed by atoms with Crippen LogP contribution < -0.4 is 10.2 Å². The van der Waals surface area contributed by atoms with E-state index in [0.29, 0.717) is 22.8 Å². The molecule has 0 radical (unpaired) electrons. The lowest BCUT2D eigenvalue weighted by Crippen LogP contribution is -2.25. The number of benzene rings is 1. The fraction of sp³-hybridized carbons (Fsp3) is 0.133. The van der Waals surface area contributed by atoms with E-state index in [1.165, 1.54) is 6.26 Å². The first-order valence-electron chi connectivity index (χ1n) is 6.19. The zero-order valence-electron chi connectivity index (χ0n) is 11.4. The molecule has 1 N–H and O–H groups in total. The predicted octanol–water partition coefficient (Wildman–Crippen LogP) is 2.07. The van der Waals surface area contributed by atoms with E-state index in [1.807, 2.05) is 6.07 Å². The second kappa shape index (κ2) is 6.91. The van der Waals surface area contributed by atoms with E-state index in [9.17, 15) is 4.79 Å². The minimum absolute atomic E-state index is 0.166. The molecule has 0 aliphatic rings. The van der Waals surface area contributed by atoms with Crippen LogP contribution in [-0.4, -0.2) is 18.2 Å². The zero-order valence-corrected chi connectivity index (χ0v) is 11.4. The van der Waals surface area contributed by atoms with E-state index in [2.05, 4.69) is 10.5 Å². The Morgan fingerprint density at radius 2 is 2.14 bits per heavy atom. The second-order valence-corrected chi connectivity index (χ2v) is 4.13. The quantitative estimate of drug-likeness (QED) is 0.672. The van der Waals surface area contributed by atoms with Crippen LogP contribution >= 0.6 is 0 Å². The van der Waals surface area contributed by atoms with Gasteiger partial charge in [-0.05, 0) is 43.3 Å². The number of hydrogen-bond donors (Lipinski definition) is 1. The molecule has 0 aliphatic carbocycles. The summed E-state index contributed by atoms with van der Waals surface area (Å²) in [4.78, 5) is 11.6. The van der Waals surface area contributed by atoms with Crippen LogP contribution in [0.2, 0.25) is 0 Å². The molecule has 21 heavy (non-hydrogen) atoms. The number of furan rings is 1. The summed E-state index contributed by atoms with van der Waals surface area (Å²) in [5.74, 6) is 0.712. The lowest BCUT2D eigenvalue weighted by atomic mass is 10.2. The number of carbonyl (C=O) groups excluding carboxylic acids is 1. The van der Waals surface area contributed by atoms with Gasteiger partial charge in [0, 0.05) is 0 Å². The molecule has 0 saturated heterocycles. The second-order valence-electron chi connectivity index (χ2n) is 4.13. The molecule has 1 aromatic carbocycles. The smallest absolute Gasteiger partial charge is 0.277 e. The molecule has 6 nitrogen and oxygen atoms in total. The van der Waals surface area contributed by atoms with Crippen molar-refractivity contribution in [1.82, 2.24) is 5.43 Å². The van der Waals surface area contributed by atoms with Crippen molar-refractivity contribution in [3.63, 3.8) is 0 Å². The molecular formula is C15H13N3O3. The SMILES string of the molecule is C/C(=N/NC(=O)COc1ccc(C#N)cc1)c1ccco1. The molecule has 1 aromatic heterocycles. The van der Waals surface area contributed by atoms with Crippen LogP contribution in [0.25, 0.3) is 0 Å². The van der Waals surface area contributed by atoms with E-state index >= 15 is 0 Å². The first-order chi connectivity index (χ1) is 10.2. The predicted molar refractivity (Wildman–Crippen MR) is 75.7 cm³/mol. The van der Waals surface area contributed by atoms with Crippen LogP contribution in [0.15, 0.2) is 52.2 Å². The van der Waals surface area contributed by atoms with Gasteiger partial charge in [-0.3, -0.25) is 4.79 Å². The molecule has 0 aliphatic heterocycles. The van der Waals surface area contributed by atoms with Crippen LogP contribution in [0.1, 0.15) is 18.2 Å². The molecule has 0 fully saturated rings. The number of hydrogen-bond acceptors (Lipinski definition) is 5. The third kappa shape index (κ3) is 4.21. The molecule has 2 rings (SSSR count). The maximum Gasteiger partial charge on any atom is 0.277 e. The molecule has 1 amide bonds. The van der Waals surface area contributed by atoms with E-state index in [-0.39, 0.29) is 12.5 Å². The highest BCUT2D eigenvalue weighted by molar-refractivity contribution is 5.96. The minimum Gasteiger partial charge on any atom is -0.484 e. The van der Waals surface area contributed by atoms with Crippen molar-refractivity contribution >= 4 is 11.6 Å². The van der Waals surface area contributed by atoms with Gasteiger partial charge in [-0.1, -0.05) is 0 Å². The Morgan fingerprint density at radius 3 is 2.76 bits per heavy atom. The van der Waals surface area contributed by atoms with Gasteiger partial charge in [0.05, 0.1) is 17.9 Å². The third-order valence-corrected chi connectivity index (χ3v) is 2.58. The van der Waals surface area contributed by atoms with Crippen LogP contribution in [-0.2, 0) is 4.79 Å². The summed E-state index contributed by atoms with van der Waals surface area (Å²) in [7, 11) is 0. The van der Waals surface area contributed by atoms with Gasteiger partial charge in [0.1, 0.15) is 17.2 Å². The maximum absolute atomic E-state index is 11.6. The van der Waals surface area contributed by atoms with Crippen molar-refractivity contribution in [2.45, 2.75) is 6.92 Å². The van der Waals surface area contributed by atoms with Crippen LogP contribution in [0.5, 0.6) is 5.75 Å². The molecule has 0 spiro atoms. The summed E-state index contributed by atoms with van der Waals surface area (Å²) in [5, 5.41) is 12.6. The van der Waals surface area contributed by atoms with Crippen molar-refractivity contribution < 1.29 is 13.9 Å². The number of nitrogens with zero attached hydrogens (tertiary/aromatic N) is 2. The lowest BCUT2D eigenvalue weighted by Gasteiger charge is -2.05. The maximum atomic E-state index is 11.6. The van der Waals surface area contributed by atoms with E-state index in [1.54, 1.807) is 43.3 Å². The van der Waals surface area contributed by atoms with Gasteiger partial charge >= 0.3 is 0 Å². The molecule has 0 bridgehead atoms. The van der Waals surface area contributed by atoms with Gasteiger partial charge in [-0.25, -0.2) is 5.43 Å². The summed E-state index contributed by atoms with van der Waals surface area (Å²) in [5.41, 5.74) is 3.47. The summed E-state index contributed by atoms with van der Waals surface area (Å²) < 4.78 is 10.4. The number of nitrogens with one attached hydrogen (secondary N) is 1. The molecule has 106 valence electrons. The normalized spacial score (nSPS) is 10.8. The monoisotopic (exact) mass is 283 g/mol. The Balaban J connectivity index is 1.82. The average molecular weight is 283 g/mol. The van der Waals surface area contributed by atoms with Crippen molar-refractivity contribution in [3.8, 4) is 11.8 Å². The van der Waals surface area contributed by atoms with Crippen molar-refractivity contribution in [2.75, 3.05) is 6.61 Å². The topological polar surface area (TPSA) is 87.6 Å². The van der Waals surface area contributed by atoms with Gasteiger partial charge in [-0.15, -0.1) is 0 Å². The molecule has 1 heterocycles. The van der Waals surface area contributed by atoms with E-state index < -0.39 is 0 Å². The average Bonchev–Trinajstić information content (AvgIpc) is 3.05. The molecule has 2 aromatic rings. The first-order valence-corrected chi connectivity index (χ1v) is 6.19. The van der Waals surface area contributed by atoms with Crippen LogP contribution in [0.4, 0.5) is 0 Å². The summed E-state index contributed by atoms with van der Waals surface area (Å²) in [6, 6.07) is 12.0. The van der Waals surface area contributed by atoms with Crippen molar-refractivity contribution in [2.24, 2.45) is 5.10 Å². The number of amides is 1. The van der Waals surface area contributed by atoms with Crippen molar-refractivity contribution in [1.29, 1.82) is 5.26 Å². The lowest BCUT2D eigenvalue weighted by molar-refractivity contribution is -0.123. The highest BCUT2D eigenvalue weighted by atomic mass is 16.5. The Morgan fingerprint density at radius 1 is 1.38 bits per heavy atom. The van der Waals surface area contributed by atoms with Crippen LogP contribution in [0.3, 0.4) is 0 Å². The Labute approximate surface area is 121 Å². The Kier molecular flexibility index (Phi) is 4.72. The van der Waals surface area contributed by atoms with Crippen LogP contribution in [0, 0.1) is 11.3 Å². The standard InChI is InChI=1S/C15H13N3O3/c1-11(14-3-2-8-20-14)17-18-15(19)10-21-13-6-4-12(9-16)5-7-13/h2-8H,10H2,1H3,(H,18,19)/b17-11-. The molecular weight excluding hydrogens is 270 g/mol. The number of hydrazone groups is 1. The van der Waals surface area contributed by atoms with Gasteiger partial charge < -0.3 is 9.15 Å². The molecule has 0 atom stereocenters. The minimum atomic E-state index is -0.384. The van der Waals surface area contributed by atoms with Crippen molar-refractivity contribution in [3.05, 3.63) is 54.0 Å². The molecule has 6 heteroatoms. The third-order valence-electron chi connectivity index (χ3n) is 2.58.